The van der Waals surface area contributed by atoms with Crippen molar-refractivity contribution < 1.29 is 18.0 Å². The number of hydrogen-bond acceptors (Lipinski definition) is 5. The Morgan fingerprint density at radius 2 is 1.90 bits per heavy atom. The van der Waals surface area contributed by atoms with Gasteiger partial charge >= 0.3 is 0 Å². The summed E-state index contributed by atoms with van der Waals surface area (Å²) in [7, 11) is -3.87. The van der Waals surface area contributed by atoms with Gasteiger partial charge in [-0.2, -0.15) is 4.31 Å². The highest BCUT2D eigenvalue weighted by Crippen LogP contribution is 2.34. The predicted octanol–water partition coefficient (Wildman–Crippen LogP) is 3.31. The molecule has 11 heteroatoms. The summed E-state index contributed by atoms with van der Waals surface area (Å²) in [6, 6.07) is 6.26. The number of piperidine rings is 1. The van der Waals surface area contributed by atoms with Crippen LogP contribution in [0.1, 0.15) is 24.8 Å². The van der Waals surface area contributed by atoms with Crippen molar-refractivity contribution in [1.82, 2.24) is 9.29 Å². The molecular weight excluding hydrogens is 463 g/mol. The summed E-state index contributed by atoms with van der Waals surface area (Å²) in [5, 5.41) is 6.03. The summed E-state index contributed by atoms with van der Waals surface area (Å²) >= 11 is 12.1. The van der Waals surface area contributed by atoms with Crippen LogP contribution in [0.2, 0.25) is 10.0 Å². The molecule has 2 aliphatic rings. The molecule has 1 saturated heterocycles. The van der Waals surface area contributed by atoms with Crippen LogP contribution in [0, 0.1) is 5.92 Å². The van der Waals surface area contributed by atoms with Gasteiger partial charge < -0.3 is 10.6 Å². The number of aromatic nitrogens is 1. The molecule has 1 aromatic heterocycles. The quantitative estimate of drug-likeness (QED) is 0.694. The number of nitrogens with zero attached hydrogens (tertiary/aromatic N) is 2. The minimum atomic E-state index is -3.87. The molecule has 0 radical (unpaired) electrons. The van der Waals surface area contributed by atoms with Gasteiger partial charge in [-0.3, -0.25) is 9.59 Å². The molecule has 164 valence electrons. The van der Waals surface area contributed by atoms with Crippen LogP contribution >= 0.6 is 23.2 Å². The maximum atomic E-state index is 13.2. The van der Waals surface area contributed by atoms with Crippen molar-refractivity contribution in [1.29, 1.82) is 0 Å². The maximum absolute atomic E-state index is 13.2. The van der Waals surface area contributed by atoms with Crippen LogP contribution < -0.4 is 10.6 Å². The molecule has 3 heterocycles. The van der Waals surface area contributed by atoms with E-state index in [4.69, 9.17) is 23.2 Å². The van der Waals surface area contributed by atoms with Gasteiger partial charge in [-0.1, -0.05) is 23.2 Å². The fourth-order valence-corrected chi connectivity index (χ4v) is 5.88. The van der Waals surface area contributed by atoms with Crippen LogP contribution in [-0.4, -0.2) is 42.6 Å². The van der Waals surface area contributed by atoms with Crippen molar-refractivity contribution >= 4 is 56.5 Å². The van der Waals surface area contributed by atoms with E-state index < -0.39 is 10.0 Å². The lowest BCUT2D eigenvalue weighted by Crippen LogP contribution is -2.41. The third-order valence-corrected chi connectivity index (χ3v) is 8.06. The van der Waals surface area contributed by atoms with E-state index in [9.17, 15) is 18.0 Å². The van der Waals surface area contributed by atoms with E-state index >= 15 is 0 Å². The molecule has 0 spiro atoms. The van der Waals surface area contributed by atoms with Crippen molar-refractivity contribution in [3.05, 3.63) is 46.1 Å². The molecule has 1 fully saturated rings. The van der Waals surface area contributed by atoms with Gasteiger partial charge in [-0.25, -0.2) is 13.4 Å². The molecule has 0 atom stereocenters. The van der Waals surface area contributed by atoms with Crippen LogP contribution in [0.5, 0.6) is 0 Å². The van der Waals surface area contributed by atoms with Crippen LogP contribution in [0.3, 0.4) is 0 Å². The first-order valence-corrected chi connectivity index (χ1v) is 12.0. The second kappa shape index (κ2) is 8.74. The lowest BCUT2D eigenvalue weighted by atomic mass is 9.97. The number of benzene rings is 1. The van der Waals surface area contributed by atoms with Crippen molar-refractivity contribution in [3.8, 4) is 0 Å². The number of nitrogens with one attached hydrogen (secondary N) is 2. The first-order chi connectivity index (χ1) is 14.7. The zero-order valence-electron chi connectivity index (χ0n) is 16.4. The van der Waals surface area contributed by atoms with Crippen LogP contribution in [0.15, 0.2) is 35.4 Å². The van der Waals surface area contributed by atoms with E-state index in [1.165, 1.54) is 16.6 Å². The first kappa shape index (κ1) is 22.0. The van der Waals surface area contributed by atoms with E-state index in [0.717, 1.165) is 5.56 Å². The monoisotopic (exact) mass is 482 g/mol. The Balaban J connectivity index is 1.44. The van der Waals surface area contributed by atoms with Gasteiger partial charge in [-0.05, 0) is 49.1 Å². The van der Waals surface area contributed by atoms with E-state index in [1.54, 1.807) is 18.2 Å². The van der Waals surface area contributed by atoms with Crippen molar-refractivity contribution in [2.75, 3.05) is 23.7 Å². The summed E-state index contributed by atoms with van der Waals surface area (Å²) in [5.41, 5.74) is 1.29. The highest BCUT2D eigenvalue weighted by atomic mass is 35.5. The van der Waals surface area contributed by atoms with Gasteiger partial charge in [0.2, 0.25) is 21.8 Å². The minimum absolute atomic E-state index is 0.0385. The summed E-state index contributed by atoms with van der Waals surface area (Å²) in [6.07, 6.45) is 3.05. The van der Waals surface area contributed by atoms with Gasteiger partial charge in [-0.15, -0.1) is 0 Å². The SMILES string of the molecule is O=C1CCc2cc(Cl)c(S(=O)(=O)N3CCC(C(=O)Nc4ccc(Cl)cn4)CC3)cc2N1. The number of hydrogen-bond donors (Lipinski definition) is 2. The minimum Gasteiger partial charge on any atom is -0.326 e. The highest BCUT2D eigenvalue weighted by Gasteiger charge is 2.34. The Morgan fingerprint density at radius 1 is 1.16 bits per heavy atom. The Kier molecular flexibility index (Phi) is 6.20. The molecule has 2 amide bonds. The molecule has 1 aromatic carbocycles. The van der Waals surface area contributed by atoms with Crippen molar-refractivity contribution in [2.45, 2.75) is 30.6 Å². The van der Waals surface area contributed by atoms with Crippen molar-refractivity contribution in [3.63, 3.8) is 0 Å². The molecule has 2 aromatic rings. The van der Waals surface area contributed by atoms with Crippen LogP contribution in [0.25, 0.3) is 0 Å². The number of amides is 2. The van der Waals surface area contributed by atoms with Crippen LogP contribution in [0.4, 0.5) is 11.5 Å². The Hall–Kier alpha value is -2.20. The molecule has 8 nitrogen and oxygen atoms in total. The zero-order chi connectivity index (χ0) is 22.2. The molecule has 0 saturated carbocycles. The topological polar surface area (TPSA) is 108 Å². The fraction of sp³-hybridized carbons (Fsp3) is 0.350. The number of pyridine rings is 1. The zero-order valence-corrected chi connectivity index (χ0v) is 18.7. The average Bonchev–Trinajstić information content (AvgIpc) is 2.75. The van der Waals surface area contributed by atoms with Gasteiger partial charge in [0, 0.05) is 37.3 Å². The van der Waals surface area contributed by atoms with E-state index in [0.29, 0.717) is 42.2 Å². The molecule has 0 aliphatic carbocycles. The number of fused-ring (bicyclic) bond motifs is 1. The van der Waals surface area contributed by atoms with Gasteiger partial charge in [0.1, 0.15) is 10.7 Å². The normalized spacial score (nSPS) is 17.7. The summed E-state index contributed by atoms with van der Waals surface area (Å²) in [5.74, 6) is -0.295. The number of carbonyl (C=O) groups excluding carboxylic acids is 2. The molecule has 4 rings (SSSR count). The number of sulfonamides is 1. The standard InChI is InChI=1S/C20H20Cl2N4O4S/c21-14-2-3-18(23-11-14)25-20(28)12-5-7-26(8-6-12)31(29,30)17-10-16-13(9-15(17)22)1-4-19(27)24-16/h2-3,9-12H,1,4-8H2,(H,24,27)(H,23,25,28). The highest BCUT2D eigenvalue weighted by molar-refractivity contribution is 7.89. The first-order valence-electron chi connectivity index (χ1n) is 9.79. The Bertz CT molecular complexity index is 1130. The predicted molar refractivity (Wildman–Crippen MR) is 118 cm³/mol. The summed E-state index contributed by atoms with van der Waals surface area (Å²) < 4.78 is 27.7. The van der Waals surface area contributed by atoms with E-state index in [-0.39, 0.29) is 40.7 Å². The van der Waals surface area contributed by atoms with Gasteiger partial charge in [0.15, 0.2) is 0 Å². The molecule has 2 aliphatic heterocycles. The third kappa shape index (κ3) is 4.69. The lowest BCUT2D eigenvalue weighted by Gasteiger charge is -2.31. The number of anilines is 2. The third-order valence-electron chi connectivity index (χ3n) is 5.47. The largest absolute Gasteiger partial charge is 0.326 e. The average molecular weight is 483 g/mol. The fourth-order valence-electron chi connectivity index (χ4n) is 3.75. The number of halogens is 2. The number of aryl methyl sites for hydroxylation is 1. The molecule has 0 unspecified atom stereocenters. The number of rotatable bonds is 4. The molecular formula is C20H20Cl2N4O4S. The van der Waals surface area contributed by atoms with Gasteiger partial charge in [0.25, 0.3) is 0 Å². The van der Waals surface area contributed by atoms with E-state index in [2.05, 4.69) is 15.6 Å². The molecule has 2 N–H and O–H groups in total. The summed E-state index contributed by atoms with van der Waals surface area (Å²) in [6.45, 7) is 0.377. The molecule has 31 heavy (non-hydrogen) atoms. The number of carbonyl (C=O) groups is 2. The maximum Gasteiger partial charge on any atom is 0.244 e. The Labute approximate surface area is 190 Å². The lowest BCUT2D eigenvalue weighted by molar-refractivity contribution is -0.121. The molecule has 0 bridgehead atoms. The van der Waals surface area contributed by atoms with Crippen LogP contribution in [-0.2, 0) is 26.0 Å². The van der Waals surface area contributed by atoms with Crippen molar-refractivity contribution in [2.24, 2.45) is 5.92 Å². The van der Waals surface area contributed by atoms with E-state index in [1.807, 2.05) is 0 Å². The Morgan fingerprint density at radius 3 is 2.58 bits per heavy atom. The van der Waals surface area contributed by atoms with Gasteiger partial charge in [0.05, 0.1) is 10.0 Å². The summed E-state index contributed by atoms with van der Waals surface area (Å²) in [4.78, 5) is 28.2. The smallest absolute Gasteiger partial charge is 0.244 e. The second-order valence-electron chi connectivity index (χ2n) is 7.52. The second-order valence-corrected chi connectivity index (χ2v) is 10.3.